The molecule has 1 aliphatic rings. The molecule has 0 bridgehead atoms. The van der Waals surface area contributed by atoms with Gasteiger partial charge in [0.1, 0.15) is 4.67 Å². The van der Waals surface area contributed by atoms with Crippen molar-refractivity contribution in [2.45, 2.75) is 33.2 Å². The molecule has 3 aromatic rings. The van der Waals surface area contributed by atoms with Crippen molar-refractivity contribution in [3.63, 3.8) is 0 Å². The standard InChI is InChI=1S/C20H19ClN2S2/c1-11-6-5-7-14-16-18(20(3,4)23-17(11)14)24-25-19(16)22-15-9-8-13(21)10-12(15)2/h5-10,23H,1-4H3. The highest BCUT2D eigenvalue weighted by molar-refractivity contribution is 7.68. The van der Waals surface area contributed by atoms with Gasteiger partial charge in [0.05, 0.1) is 16.1 Å². The molecule has 5 heteroatoms. The number of hydrogen-bond donors (Lipinski definition) is 1. The van der Waals surface area contributed by atoms with Crippen molar-refractivity contribution in [2.24, 2.45) is 4.99 Å². The monoisotopic (exact) mass is 386 g/mol. The highest BCUT2D eigenvalue weighted by atomic mass is 35.5. The molecule has 0 aliphatic carbocycles. The zero-order valence-electron chi connectivity index (χ0n) is 14.6. The molecule has 2 aromatic carbocycles. The lowest BCUT2D eigenvalue weighted by Gasteiger charge is -2.34. The molecule has 0 unspecified atom stereocenters. The summed E-state index contributed by atoms with van der Waals surface area (Å²) in [6.07, 6.45) is 0. The number of rotatable bonds is 1. The van der Waals surface area contributed by atoms with Crippen LogP contribution in [-0.4, -0.2) is 0 Å². The molecule has 0 spiro atoms. The summed E-state index contributed by atoms with van der Waals surface area (Å²) in [5.74, 6) is 0. The molecule has 4 rings (SSSR count). The fraction of sp³-hybridized carbons (Fsp3) is 0.250. The largest absolute Gasteiger partial charge is 0.374 e. The van der Waals surface area contributed by atoms with E-state index in [2.05, 4.69) is 51.2 Å². The number of nitrogens with one attached hydrogen (secondary N) is 1. The number of benzene rings is 2. The smallest absolute Gasteiger partial charge is 0.135 e. The number of para-hydroxylation sites is 1. The molecule has 1 aliphatic heterocycles. The summed E-state index contributed by atoms with van der Waals surface area (Å²) in [5.41, 5.74) is 6.97. The minimum absolute atomic E-state index is 0.0988. The Labute approximate surface area is 160 Å². The van der Waals surface area contributed by atoms with Crippen LogP contribution in [0.5, 0.6) is 0 Å². The first kappa shape index (κ1) is 16.8. The van der Waals surface area contributed by atoms with E-state index in [1.165, 1.54) is 27.3 Å². The summed E-state index contributed by atoms with van der Waals surface area (Å²) in [6, 6.07) is 12.3. The van der Waals surface area contributed by atoms with Gasteiger partial charge in [-0.2, -0.15) is 0 Å². The SMILES string of the molecule is Cc1cc(Cl)ccc1N=c1ssc2c1-c1cccc(C)c1NC2(C)C. The fourth-order valence-corrected chi connectivity index (χ4v) is 6.41. The Balaban J connectivity index is 2.00. The Morgan fingerprint density at radius 3 is 2.60 bits per heavy atom. The van der Waals surface area contributed by atoms with Gasteiger partial charge in [0.2, 0.25) is 0 Å². The van der Waals surface area contributed by atoms with Crippen molar-refractivity contribution >= 4 is 43.7 Å². The van der Waals surface area contributed by atoms with Crippen molar-refractivity contribution in [2.75, 3.05) is 5.32 Å². The Bertz CT molecular complexity index is 1040. The van der Waals surface area contributed by atoms with Crippen LogP contribution in [0.2, 0.25) is 5.02 Å². The van der Waals surface area contributed by atoms with E-state index >= 15 is 0 Å². The summed E-state index contributed by atoms with van der Waals surface area (Å²) in [7, 11) is 3.56. The van der Waals surface area contributed by atoms with Gasteiger partial charge in [0, 0.05) is 21.8 Å². The van der Waals surface area contributed by atoms with Gasteiger partial charge in [-0.05, 0) is 57.0 Å². The van der Waals surface area contributed by atoms with Gasteiger partial charge in [0.15, 0.2) is 0 Å². The molecular formula is C20H19ClN2S2. The molecule has 0 radical (unpaired) electrons. The summed E-state index contributed by atoms with van der Waals surface area (Å²) >= 11 is 6.09. The lowest BCUT2D eigenvalue weighted by molar-refractivity contribution is 0.618. The van der Waals surface area contributed by atoms with Crippen molar-refractivity contribution in [3.8, 4) is 11.1 Å². The highest BCUT2D eigenvalue weighted by Gasteiger charge is 2.34. The van der Waals surface area contributed by atoms with Crippen molar-refractivity contribution in [1.82, 2.24) is 0 Å². The molecule has 1 aromatic heterocycles. The van der Waals surface area contributed by atoms with Crippen LogP contribution in [0.4, 0.5) is 11.4 Å². The third kappa shape index (κ3) is 2.82. The fourth-order valence-electron chi connectivity index (χ4n) is 3.26. The van der Waals surface area contributed by atoms with Gasteiger partial charge in [-0.1, -0.05) is 50.5 Å². The highest BCUT2D eigenvalue weighted by Crippen LogP contribution is 2.46. The number of halogens is 1. The first-order valence-corrected chi connectivity index (χ1v) is 10.7. The predicted molar refractivity (Wildman–Crippen MR) is 110 cm³/mol. The average Bonchev–Trinajstić information content (AvgIpc) is 2.96. The number of fused-ring (bicyclic) bond motifs is 3. The van der Waals surface area contributed by atoms with E-state index in [1.54, 1.807) is 10.3 Å². The van der Waals surface area contributed by atoms with E-state index in [0.29, 0.717) is 0 Å². The van der Waals surface area contributed by atoms with Crippen LogP contribution >= 0.6 is 32.3 Å². The Morgan fingerprint density at radius 1 is 1.04 bits per heavy atom. The van der Waals surface area contributed by atoms with Crippen LogP contribution in [0.1, 0.15) is 29.9 Å². The maximum Gasteiger partial charge on any atom is 0.135 e. The lowest BCUT2D eigenvalue weighted by Crippen LogP contribution is -2.32. The lowest BCUT2D eigenvalue weighted by atomic mass is 9.88. The summed E-state index contributed by atoms with van der Waals surface area (Å²) in [4.78, 5) is 6.34. The topological polar surface area (TPSA) is 24.4 Å². The second-order valence-electron chi connectivity index (χ2n) is 6.97. The minimum atomic E-state index is -0.0988. The van der Waals surface area contributed by atoms with Crippen LogP contribution < -0.4 is 9.99 Å². The average molecular weight is 387 g/mol. The maximum absolute atomic E-state index is 6.09. The van der Waals surface area contributed by atoms with E-state index in [9.17, 15) is 0 Å². The van der Waals surface area contributed by atoms with E-state index in [0.717, 1.165) is 20.9 Å². The number of hydrogen-bond acceptors (Lipinski definition) is 4. The zero-order chi connectivity index (χ0) is 17.8. The van der Waals surface area contributed by atoms with Crippen molar-refractivity contribution in [1.29, 1.82) is 0 Å². The third-order valence-electron chi connectivity index (χ3n) is 4.57. The predicted octanol–water partition coefficient (Wildman–Crippen LogP) is 6.64. The second kappa shape index (κ2) is 5.97. The van der Waals surface area contributed by atoms with Gasteiger partial charge in [-0.25, -0.2) is 4.99 Å². The Kier molecular flexibility index (Phi) is 4.02. The summed E-state index contributed by atoms with van der Waals surface area (Å²) in [6.45, 7) is 8.68. The van der Waals surface area contributed by atoms with E-state index in [4.69, 9.17) is 16.6 Å². The summed E-state index contributed by atoms with van der Waals surface area (Å²) in [5, 5.41) is 4.46. The van der Waals surface area contributed by atoms with Crippen molar-refractivity contribution in [3.05, 3.63) is 62.1 Å². The third-order valence-corrected chi connectivity index (χ3v) is 7.45. The molecule has 0 saturated carbocycles. The molecule has 0 saturated heterocycles. The first-order chi connectivity index (χ1) is 11.9. The molecule has 128 valence electrons. The molecule has 1 N–H and O–H groups in total. The molecule has 25 heavy (non-hydrogen) atoms. The molecule has 2 nitrogen and oxygen atoms in total. The van der Waals surface area contributed by atoms with E-state index < -0.39 is 0 Å². The number of aryl methyl sites for hydroxylation is 2. The first-order valence-electron chi connectivity index (χ1n) is 8.19. The molecule has 0 atom stereocenters. The molecule has 0 amide bonds. The molecule has 2 heterocycles. The molecular weight excluding hydrogens is 368 g/mol. The van der Waals surface area contributed by atoms with Gasteiger partial charge in [0.25, 0.3) is 0 Å². The van der Waals surface area contributed by atoms with Crippen LogP contribution in [-0.2, 0) is 5.54 Å². The van der Waals surface area contributed by atoms with E-state index in [1.807, 2.05) is 28.5 Å². The molecule has 0 fully saturated rings. The van der Waals surface area contributed by atoms with Gasteiger partial charge in [-0.15, -0.1) is 0 Å². The second-order valence-corrected chi connectivity index (χ2v) is 9.53. The van der Waals surface area contributed by atoms with Gasteiger partial charge < -0.3 is 5.32 Å². The van der Waals surface area contributed by atoms with Crippen LogP contribution in [0, 0.1) is 13.8 Å². The normalized spacial score (nSPS) is 15.5. The minimum Gasteiger partial charge on any atom is -0.374 e. The summed E-state index contributed by atoms with van der Waals surface area (Å²) < 4.78 is 1.08. The number of nitrogens with zero attached hydrogens (tertiary/aromatic N) is 1. The Hall–Kier alpha value is -1.62. The number of anilines is 1. The van der Waals surface area contributed by atoms with Gasteiger partial charge >= 0.3 is 0 Å². The Morgan fingerprint density at radius 2 is 1.84 bits per heavy atom. The quantitative estimate of drug-likeness (QED) is 0.465. The van der Waals surface area contributed by atoms with Crippen LogP contribution in [0.3, 0.4) is 0 Å². The zero-order valence-corrected chi connectivity index (χ0v) is 17.0. The van der Waals surface area contributed by atoms with E-state index in [-0.39, 0.29) is 5.54 Å². The van der Waals surface area contributed by atoms with Crippen molar-refractivity contribution < 1.29 is 0 Å². The van der Waals surface area contributed by atoms with Crippen LogP contribution in [0.25, 0.3) is 11.1 Å². The van der Waals surface area contributed by atoms with Gasteiger partial charge in [-0.3, -0.25) is 0 Å². The van der Waals surface area contributed by atoms with Crippen LogP contribution in [0.15, 0.2) is 41.4 Å². The maximum atomic E-state index is 6.09.